The first-order chi connectivity index (χ1) is 14.8. The smallest absolute Gasteiger partial charge is 0.334 e. The minimum Gasteiger partial charge on any atom is -0.382 e. The molecule has 11 heteroatoms. The van der Waals surface area contributed by atoms with Gasteiger partial charge in [0.15, 0.2) is 0 Å². The molecular formula is C20H33ClN8O2. The lowest BCUT2D eigenvalue weighted by atomic mass is 9.92. The number of amides is 2. The number of hydrogen-bond donors (Lipinski definition) is 5. The third-order valence-electron chi connectivity index (χ3n) is 6.58. The quantitative estimate of drug-likeness (QED) is 0.230. The van der Waals surface area contributed by atoms with Gasteiger partial charge in [-0.25, -0.2) is 15.6 Å². The number of urea groups is 1. The molecule has 2 fully saturated rings. The van der Waals surface area contributed by atoms with E-state index in [0.717, 1.165) is 31.6 Å². The van der Waals surface area contributed by atoms with E-state index in [-0.39, 0.29) is 30.4 Å². The molecule has 0 aromatic carbocycles. The van der Waals surface area contributed by atoms with Crippen molar-refractivity contribution in [2.45, 2.75) is 56.6 Å². The van der Waals surface area contributed by atoms with E-state index in [1.54, 1.807) is 12.3 Å². The van der Waals surface area contributed by atoms with Gasteiger partial charge in [-0.2, -0.15) is 0 Å². The van der Waals surface area contributed by atoms with Crippen LogP contribution in [-0.2, 0) is 4.74 Å². The van der Waals surface area contributed by atoms with Crippen LogP contribution in [-0.4, -0.2) is 77.2 Å². The van der Waals surface area contributed by atoms with Crippen LogP contribution in [0.4, 0.5) is 4.79 Å². The van der Waals surface area contributed by atoms with Gasteiger partial charge in [-0.3, -0.25) is 16.2 Å². The Hall–Kier alpha value is -1.82. The van der Waals surface area contributed by atoms with Crippen LogP contribution >= 0.6 is 11.6 Å². The highest BCUT2D eigenvalue weighted by molar-refractivity contribution is 6.31. The summed E-state index contributed by atoms with van der Waals surface area (Å²) in [7, 11) is 0. The number of carbonyl (C=O) groups excluding carboxylic acids is 1. The fourth-order valence-corrected chi connectivity index (χ4v) is 4.79. The summed E-state index contributed by atoms with van der Waals surface area (Å²) >= 11 is 5.93. The minimum atomic E-state index is -0.485. The van der Waals surface area contributed by atoms with Gasteiger partial charge in [0.1, 0.15) is 6.29 Å². The molecule has 0 bridgehead atoms. The summed E-state index contributed by atoms with van der Waals surface area (Å²) in [4.78, 5) is 15.0. The van der Waals surface area contributed by atoms with Crippen molar-refractivity contribution in [1.82, 2.24) is 30.9 Å². The van der Waals surface area contributed by atoms with Crippen LogP contribution in [0.25, 0.3) is 0 Å². The predicted molar refractivity (Wildman–Crippen MR) is 119 cm³/mol. The van der Waals surface area contributed by atoms with Crippen molar-refractivity contribution in [2.24, 2.45) is 11.7 Å². The highest BCUT2D eigenvalue weighted by atomic mass is 35.5. The fraction of sp³-hybridized carbons (Fsp3) is 0.650. The lowest BCUT2D eigenvalue weighted by molar-refractivity contribution is 0.000443. The average Bonchev–Trinajstić information content (AvgIpc) is 3.04. The Kier molecular flexibility index (Phi) is 6.47. The number of hydrazine groups is 2. The molecule has 3 unspecified atom stereocenters. The van der Waals surface area contributed by atoms with Crippen molar-refractivity contribution in [3.05, 3.63) is 35.2 Å². The van der Waals surface area contributed by atoms with Crippen molar-refractivity contribution >= 4 is 17.6 Å². The zero-order valence-electron chi connectivity index (χ0n) is 18.1. The van der Waals surface area contributed by atoms with Crippen molar-refractivity contribution in [3.63, 3.8) is 0 Å². The minimum absolute atomic E-state index is 0.000989. The molecule has 0 aromatic heterocycles. The normalized spacial score (nSPS) is 30.3. The lowest BCUT2D eigenvalue weighted by Gasteiger charge is -2.41. The second kappa shape index (κ2) is 8.97. The largest absolute Gasteiger partial charge is 0.382 e. The number of hydrogen-bond acceptors (Lipinski definition) is 8. The van der Waals surface area contributed by atoms with Crippen molar-refractivity contribution in [3.8, 4) is 0 Å². The van der Waals surface area contributed by atoms with Gasteiger partial charge < -0.3 is 20.3 Å². The number of allylic oxidation sites excluding steroid dienone is 2. The SMILES string of the molecule is CC1(C)C2=CNC(N(N)C3CCOCC3)NC2CN1C(=O)N(N)CC1C=CC(Cl)=CN1. The maximum atomic E-state index is 13.2. The average molecular weight is 453 g/mol. The molecule has 10 nitrogen and oxygen atoms in total. The van der Waals surface area contributed by atoms with Crippen LogP contribution in [0.3, 0.4) is 0 Å². The first kappa shape index (κ1) is 22.4. The molecule has 0 saturated carbocycles. The molecule has 2 amide bonds. The van der Waals surface area contributed by atoms with Crippen LogP contribution in [0.1, 0.15) is 26.7 Å². The number of nitrogens with zero attached hydrogens (tertiary/aromatic N) is 3. The molecule has 0 spiro atoms. The number of fused-ring (bicyclic) bond motifs is 1. The zero-order valence-corrected chi connectivity index (χ0v) is 18.8. The number of carbonyl (C=O) groups is 1. The lowest BCUT2D eigenvalue weighted by Crippen LogP contribution is -2.65. The van der Waals surface area contributed by atoms with Gasteiger partial charge in [0.25, 0.3) is 0 Å². The van der Waals surface area contributed by atoms with Crippen LogP contribution < -0.4 is 27.6 Å². The molecule has 3 atom stereocenters. The Labute approximate surface area is 188 Å². The van der Waals surface area contributed by atoms with E-state index in [4.69, 9.17) is 28.0 Å². The maximum Gasteiger partial charge on any atom is 0.334 e. The summed E-state index contributed by atoms with van der Waals surface area (Å²) in [6.45, 7) is 6.38. The molecule has 0 radical (unpaired) electrons. The summed E-state index contributed by atoms with van der Waals surface area (Å²) in [5, 5.41) is 13.8. The highest BCUT2D eigenvalue weighted by Gasteiger charge is 2.49. The molecule has 0 aromatic rings. The molecule has 4 aliphatic heterocycles. The molecule has 7 N–H and O–H groups in total. The zero-order chi connectivity index (χ0) is 22.2. The summed E-state index contributed by atoms with van der Waals surface area (Å²) in [5.41, 5.74) is 0.623. The summed E-state index contributed by atoms with van der Waals surface area (Å²) < 4.78 is 5.44. The van der Waals surface area contributed by atoms with Gasteiger partial charge in [0.05, 0.1) is 29.2 Å². The Morgan fingerprint density at radius 3 is 2.71 bits per heavy atom. The fourth-order valence-electron chi connectivity index (χ4n) is 4.66. The van der Waals surface area contributed by atoms with Crippen molar-refractivity contribution in [1.29, 1.82) is 0 Å². The van der Waals surface area contributed by atoms with E-state index < -0.39 is 5.54 Å². The molecule has 172 valence electrons. The molecular weight excluding hydrogens is 420 g/mol. The topological polar surface area (TPSA) is 124 Å². The predicted octanol–water partition coefficient (Wildman–Crippen LogP) is 0.0681. The second-order valence-electron chi connectivity index (χ2n) is 8.94. The van der Waals surface area contributed by atoms with Crippen molar-refractivity contribution in [2.75, 3.05) is 26.3 Å². The standard InChI is InChI=1S/C20H33ClN8O2/c1-20(2)16-10-25-18(29(23)15-5-7-31-8-6-15)26-17(16)12-27(20)19(30)28(22)11-14-4-3-13(21)9-24-14/h3-4,9-10,14-15,17-18,24-26H,5-8,11-12,22-23H2,1-2H3. The van der Waals surface area contributed by atoms with Crippen LogP contribution in [0.2, 0.25) is 0 Å². The number of nitrogens with one attached hydrogen (secondary N) is 3. The number of nitrogens with two attached hydrogens (primary N) is 2. The van der Waals surface area contributed by atoms with Crippen LogP contribution in [0.5, 0.6) is 0 Å². The van der Waals surface area contributed by atoms with Gasteiger partial charge in [0, 0.05) is 38.2 Å². The van der Waals surface area contributed by atoms with Crippen LogP contribution in [0, 0.1) is 0 Å². The van der Waals surface area contributed by atoms with Gasteiger partial charge in [-0.05, 0) is 38.3 Å². The molecule has 4 rings (SSSR count). The van der Waals surface area contributed by atoms with E-state index >= 15 is 0 Å². The van der Waals surface area contributed by atoms with E-state index in [9.17, 15) is 4.79 Å². The molecule has 31 heavy (non-hydrogen) atoms. The Morgan fingerprint density at radius 1 is 1.29 bits per heavy atom. The van der Waals surface area contributed by atoms with Gasteiger partial charge in [-0.15, -0.1) is 0 Å². The molecule has 2 saturated heterocycles. The molecule has 0 aliphatic carbocycles. The Morgan fingerprint density at radius 2 is 2.03 bits per heavy atom. The van der Waals surface area contributed by atoms with Crippen molar-refractivity contribution < 1.29 is 9.53 Å². The Bertz CT molecular complexity index is 779. The number of halogens is 1. The van der Waals surface area contributed by atoms with E-state index in [1.807, 2.05) is 36.0 Å². The third-order valence-corrected chi connectivity index (χ3v) is 6.82. The Balaban J connectivity index is 1.39. The monoisotopic (exact) mass is 452 g/mol. The van der Waals surface area contributed by atoms with Gasteiger partial charge in [-0.1, -0.05) is 17.7 Å². The summed E-state index contributed by atoms with van der Waals surface area (Å²) in [6.07, 6.45) is 9.00. The summed E-state index contributed by atoms with van der Waals surface area (Å²) in [5.74, 6) is 12.6. The van der Waals surface area contributed by atoms with E-state index in [2.05, 4.69) is 16.0 Å². The highest BCUT2D eigenvalue weighted by Crippen LogP contribution is 2.36. The maximum absolute atomic E-state index is 13.2. The molecule has 4 heterocycles. The number of dihydropyridines is 1. The first-order valence-corrected chi connectivity index (χ1v) is 11.1. The van der Waals surface area contributed by atoms with E-state index in [0.29, 0.717) is 18.1 Å². The second-order valence-corrected chi connectivity index (χ2v) is 9.38. The number of likely N-dealkylation sites (tertiary alicyclic amines) is 1. The van der Waals surface area contributed by atoms with Gasteiger partial charge >= 0.3 is 6.03 Å². The van der Waals surface area contributed by atoms with Crippen LogP contribution in [0.15, 0.2) is 35.2 Å². The first-order valence-electron chi connectivity index (χ1n) is 10.7. The molecule has 4 aliphatic rings. The number of ether oxygens (including phenoxy) is 1. The summed E-state index contributed by atoms with van der Waals surface area (Å²) in [6, 6.07) is -0.0560. The van der Waals surface area contributed by atoms with E-state index in [1.165, 1.54) is 5.01 Å². The third kappa shape index (κ3) is 4.55. The van der Waals surface area contributed by atoms with Gasteiger partial charge in [0.2, 0.25) is 0 Å². The number of rotatable bonds is 4.